The quantitative estimate of drug-likeness (QED) is 0.0686. The third-order valence-corrected chi connectivity index (χ3v) is 29.6. The molecule has 56 heavy (non-hydrogen) atoms. The lowest BCUT2D eigenvalue weighted by atomic mass is 9.83. The molecule has 1 aromatic carbocycles. The number of rotatable bonds is 21. The highest BCUT2D eigenvalue weighted by atomic mass is 32.2. The van der Waals surface area contributed by atoms with Crippen molar-refractivity contribution < 1.29 is 35.9 Å². The molecular formula is C44H82O8SSi3. The van der Waals surface area contributed by atoms with Gasteiger partial charge in [0, 0.05) is 32.5 Å². The zero-order valence-corrected chi connectivity index (χ0v) is 42.0. The average Bonchev–Trinajstić information content (AvgIpc) is 3.42. The SMILES string of the molecule is C=C1[C@H](C)C[C@H](CCCO[Si](CC)(CC)CC)O[C@@H]1CC1O[C@H](C[C@@H](CO[Si](C)(C)C(C)(C)C)O[Si](C)(C)C(C)(C)C)[C@H](OC)C1CS(=O)(=O)c1ccccc1. The van der Waals surface area contributed by atoms with Gasteiger partial charge in [0.25, 0.3) is 0 Å². The van der Waals surface area contributed by atoms with Crippen LogP contribution in [0, 0.1) is 11.8 Å². The minimum absolute atomic E-state index is 0.000640. The van der Waals surface area contributed by atoms with E-state index in [1.54, 1.807) is 31.4 Å². The zero-order chi connectivity index (χ0) is 42.3. The normalized spacial score (nSPS) is 26.5. The molecule has 0 amide bonds. The maximum Gasteiger partial charge on any atom is 0.192 e. The first kappa shape index (κ1) is 49.7. The molecule has 8 nitrogen and oxygen atoms in total. The summed E-state index contributed by atoms with van der Waals surface area (Å²) in [6, 6.07) is 12.2. The predicted molar refractivity (Wildman–Crippen MR) is 240 cm³/mol. The Bertz CT molecular complexity index is 1460. The van der Waals surface area contributed by atoms with E-state index in [4.69, 9.17) is 27.5 Å². The summed E-state index contributed by atoms with van der Waals surface area (Å²) < 4.78 is 68.9. The summed E-state index contributed by atoms with van der Waals surface area (Å²) in [7, 11) is -7.92. The van der Waals surface area contributed by atoms with Gasteiger partial charge < -0.3 is 27.5 Å². The van der Waals surface area contributed by atoms with Crippen molar-refractivity contribution in [2.24, 2.45) is 11.8 Å². The topological polar surface area (TPSA) is 89.5 Å². The molecule has 0 bridgehead atoms. The predicted octanol–water partition coefficient (Wildman–Crippen LogP) is 11.2. The Morgan fingerprint density at radius 2 is 1.46 bits per heavy atom. The highest BCUT2D eigenvalue weighted by molar-refractivity contribution is 7.91. The Morgan fingerprint density at radius 1 is 0.875 bits per heavy atom. The van der Waals surface area contributed by atoms with Crippen molar-refractivity contribution >= 4 is 34.8 Å². The van der Waals surface area contributed by atoms with Crippen LogP contribution in [-0.4, -0.2) is 96.1 Å². The number of sulfone groups is 1. The Balaban J connectivity index is 1.92. The first-order valence-corrected chi connectivity index (χ1v) is 31.6. The van der Waals surface area contributed by atoms with Crippen molar-refractivity contribution in [1.82, 2.24) is 0 Å². The monoisotopic (exact) mass is 855 g/mol. The van der Waals surface area contributed by atoms with Gasteiger partial charge >= 0.3 is 0 Å². The summed E-state index contributed by atoms with van der Waals surface area (Å²) >= 11 is 0. The molecule has 0 radical (unpaired) electrons. The van der Waals surface area contributed by atoms with Gasteiger partial charge in [0.05, 0.1) is 53.9 Å². The van der Waals surface area contributed by atoms with Gasteiger partial charge in [-0.25, -0.2) is 8.42 Å². The van der Waals surface area contributed by atoms with Gasteiger partial charge in [0.2, 0.25) is 0 Å². The summed E-state index contributed by atoms with van der Waals surface area (Å²) in [6.07, 6.45) is 2.22. The van der Waals surface area contributed by atoms with Crippen molar-refractivity contribution in [3.8, 4) is 0 Å². The van der Waals surface area contributed by atoms with Crippen molar-refractivity contribution in [3.63, 3.8) is 0 Å². The van der Waals surface area contributed by atoms with Crippen LogP contribution >= 0.6 is 0 Å². The van der Waals surface area contributed by atoms with Gasteiger partial charge in [-0.1, -0.05) is 94.0 Å². The third kappa shape index (κ3) is 12.9. The van der Waals surface area contributed by atoms with Crippen LogP contribution in [0.15, 0.2) is 47.4 Å². The summed E-state index contributed by atoms with van der Waals surface area (Å²) in [5, 5.41) is 0.0477. The summed E-state index contributed by atoms with van der Waals surface area (Å²) in [5.41, 5.74) is 1.06. The van der Waals surface area contributed by atoms with Crippen LogP contribution in [-0.2, 0) is 37.3 Å². The van der Waals surface area contributed by atoms with E-state index in [-0.39, 0.29) is 46.2 Å². The largest absolute Gasteiger partial charge is 0.417 e. The van der Waals surface area contributed by atoms with Crippen molar-refractivity contribution in [1.29, 1.82) is 0 Å². The fourth-order valence-electron chi connectivity index (χ4n) is 7.83. The van der Waals surface area contributed by atoms with Crippen LogP contribution in [0.25, 0.3) is 0 Å². The molecule has 2 aliphatic heterocycles. The number of benzene rings is 1. The second kappa shape index (κ2) is 20.3. The van der Waals surface area contributed by atoms with Crippen molar-refractivity contribution in [2.75, 3.05) is 26.1 Å². The summed E-state index contributed by atoms with van der Waals surface area (Å²) in [6.45, 7) is 37.4. The van der Waals surface area contributed by atoms with Gasteiger partial charge in [-0.2, -0.15) is 0 Å². The molecule has 0 saturated carbocycles. The van der Waals surface area contributed by atoms with Gasteiger partial charge in [-0.3, -0.25) is 0 Å². The minimum atomic E-state index is -3.65. The highest BCUT2D eigenvalue weighted by Crippen LogP contribution is 2.43. The van der Waals surface area contributed by atoms with E-state index >= 15 is 0 Å². The van der Waals surface area contributed by atoms with E-state index in [9.17, 15) is 8.42 Å². The first-order valence-electron chi connectivity index (χ1n) is 21.6. The van der Waals surface area contributed by atoms with Crippen molar-refractivity contribution in [3.05, 3.63) is 42.5 Å². The zero-order valence-electron chi connectivity index (χ0n) is 38.2. The molecule has 0 N–H and O–H groups in total. The maximum atomic E-state index is 14.1. The molecule has 2 fully saturated rings. The number of methoxy groups -OCH3 is 1. The number of hydrogen-bond acceptors (Lipinski definition) is 8. The lowest BCUT2D eigenvalue weighted by molar-refractivity contribution is -0.0759. The Hall–Kier alpha value is -0.679. The van der Waals surface area contributed by atoms with Gasteiger partial charge in [-0.05, 0) is 97.3 Å². The van der Waals surface area contributed by atoms with Crippen LogP contribution in [0.2, 0.25) is 54.4 Å². The fraction of sp³-hybridized carbons (Fsp3) is 0.818. The van der Waals surface area contributed by atoms with Crippen LogP contribution in [0.5, 0.6) is 0 Å². The lowest BCUT2D eigenvalue weighted by Crippen LogP contribution is -2.49. The molecule has 2 unspecified atom stereocenters. The van der Waals surface area contributed by atoms with Crippen molar-refractivity contribution in [2.45, 2.75) is 197 Å². The molecule has 12 heteroatoms. The average molecular weight is 855 g/mol. The second-order valence-electron chi connectivity index (χ2n) is 19.9. The summed E-state index contributed by atoms with van der Waals surface area (Å²) in [4.78, 5) is 0.314. The van der Waals surface area contributed by atoms with Crippen LogP contribution < -0.4 is 0 Å². The van der Waals surface area contributed by atoms with Gasteiger partial charge in [0.1, 0.15) is 0 Å². The summed E-state index contributed by atoms with van der Waals surface area (Å²) in [5.74, 6) is -0.217. The molecule has 0 aliphatic carbocycles. The van der Waals surface area contributed by atoms with E-state index in [2.05, 4.69) is 102 Å². The standard InChI is InChI=1S/C44H82O8SSi3/c1-17-56(18-2,19-3)48-27-23-24-35-28-33(4)34(5)39(50-35)30-40-38(32-53(45,46)37-25-21-20-22-26-37)42(47-12)41(51-40)29-36(52-55(15,16)44(9,10)11)31-49-54(13,14)43(6,7)8/h20-22,25-26,33,35-36,38-42H,5,17-19,23-24,27-32H2,1-4,6-16H3/t33-,35+,36+,38?,39-,40?,41-,42-/m1/s1. The second-order valence-corrected chi connectivity index (χ2v) is 36.3. The molecule has 2 saturated heterocycles. The van der Waals surface area contributed by atoms with Gasteiger partial charge in [0.15, 0.2) is 34.8 Å². The van der Waals surface area contributed by atoms with E-state index in [1.165, 1.54) is 0 Å². The Kier molecular flexibility index (Phi) is 18.0. The number of ether oxygens (including phenoxy) is 3. The van der Waals surface area contributed by atoms with E-state index in [0.717, 1.165) is 49.6 Å². The number of hydrogen-bond donors (Lipinski definition) is 0. The maximum absolute atomic E-state index is 14.1. The molecular weight excluding hydrogens is 773 g/mol. The van der Waals surface area contributed by atoms with Crippen LogP contribution in [0.1, 0.15) is 101 Å². The van der Waals surface area contributed by atoms with Crippen LogP contribution in [0.3, 0.4) is 0 Å². The Labute approximate surface area is 346 Å². The van der Waals surface area contributed by atoms with Gasteiger partial charge in [-0.15, -0.1) is 0 Å². The fourth-order valence-corrected chi connectivity index (χ4v) is 14.6. The molecule has 0 aromatic heterocycles. The molecule has 3 rings (SSSR count). The molecule has 2 aliphatic rings. The van der Waals surface area contributed by atoms with E-state index in [0.29, 0.717) is 24.3 Å². The highest BCUT2D eigenvalue weighted by Gasteiger charge is 2.50. The minimum Gasteiger partial charge on any atom is -0.417 e. The first-order chi connectivity index (χ1) is 25.9. The molecule has 2 heterocycles. The molecule has 1 aromatic rings. The third-order valence-electron chi connectivity index (χ3n) is 14.1. The molecule has 8 atom stereocenters. The van der Waals surface area contributed by atoms with E-state index in [1.807, 2.05) is 6.07 Å². The molecule has 0 spiro atoms. The smallest absolute Gasteiger partial charge is 0.192 e. The lowest BCUT2D eigenvalue weighted by Gasteiger charge is -2.42. The Morgan fingerprint density at radius 3 is 2.00 bits per heavy atom. The molecule has 324 valence electrons. The van der Waals surface area contributed by atoms with Crippen LogP contribution in [0.4, 0.5) is 0 Å². The van der Waals surface area contributed by atoms with E-state index < -0.39 is 52.9 Å².